The van der Waals surface area contributed by atoms with Crippen molar-refractivity contribution in [3.05, 3.63) is 29.8 Å². The minimum atomic E-state index is -0.411. The fourth-order valence-corrected chi connectivity index (χ4v) is 5.85. The average molecular weight is 487 g/mol. The molecule has 0 bridgehead atoms. The zero-order valence-corrected chi connectivity index (χ0v) is 22.2. The molecule has 1 aromatic rings. The van der Waals surface area contributed by atoms with E-state index in [4.69, 9.17) is 10.5 Å². The monoisotopic (exact) mass is 486 g/mol. The molecule has 2 amide bonds. The lowest BCUT2D eigenvalue weighted by atomic mass is 9.81. The summed E-state index contributed by atoms with van der Waals surface area (Å²) in [6.07, 6.45) is 6.17. The third kappa shape index (κ3) is 7.94. The van der Waals surface area contributed by atoms with Gasteiger partial charge in [0.1, 0.15) is 11.8 Å². The van der Waals surface area contributed by atoms with Crippen LogP contribution in [0.1, 0.15) is 64.9 Å². The molecule has 0 spiro atoms. The molecule has 2 aliphatic rings. The van der Waals surface area contributed by atoms with Crippen molar-refractivity contribution < 1.29 is 14.3 Å². The summed E-state index contributed by atoms with van der Waals surface area (Å²) in [4.78, 5) is 30.0. The molecular weight excluding hydrogens is 440 g/mol. The van der Waals surface area contributed by atoms with Crippen molar-refractivity contribution in [3.63, 3.8) is 0 Å². The number of benzene rings is 1. The lowest BCUT2D eigenvalue weighted by molar-refractivity contribution is -0.142. The van der Waals surface area contributed by atoms with Crippen LogP contribution in [0.4, 0.5) is 0 Å². The number of rotatable bonds is 10. The highest BCUT2D eigenvalue weighted by molar-refractivity contribution is 5.87. The highest BCUT2D eigenvalue weighted by Gasteiger charge is 2.37. The van der Waals surface area contributed by atoms with Gasteiger partial charge in [0.15, 0.2) is 0 Å². The number of nitrogens with one attached hydrogen (secondary N) is 1. The molecule has 1 aromatic carbocycles. The third-order valence-corrected chi connectivity index (χ3v) is 7.73. The quantitative estimate of drug-likeness (QED) is 0.529. The van der Waals surface area contributed by atoms with E-state index in [-0.39, 0.29) is 17.9 Å². The minimum absolute atomic E-state index is 0.00582. The molecule has 1 saturated heterocycles. The van der Waals surface area contributed by atoms with Gasteiger partial charge >= 0.3 is 0 Å². The van der Waals surface area contributed by atoms with Crippen LogP contribution in [-0.4, -0.2) is 67.0 Å². The van der Waals surface area contributed by atoms with Gasteiger partial charge in [-0.05, 0) is 74.1 Å². The Hall–Kier alpha value is -2.12. The molecular formula is C28H46N4O3. The Morgan fingerprint density at radius 1 is 1.14 bits per heavy atom. The van der Waals surface area contributed by atoms with Crippen LogP contribution in [0.15, 0.2) is 24.3 Å². The molecule has 7 heteroatoms. The largest absolute Gasteiger partial charge is 0.497 e. The molecule has 1 aliphatic carbocycles. The number of likely N-dealkylation sites (tertiary alicyclic amines) is 1. The zero-order chi connectivity index (χ0) is 25.4. The summed E-state index contributed by atoms with van der Waals surface area (Å²) in [5.41, 5.74) is 7.12. The van der Waals surface area contributed by atoms with Crippen LogP contribution in [0.3, 0.4) is 0 Å². The molecule has 1 aliphatic heterocycles. The van der Waals surface area contributed by atoms with Crippen molar-refractivity contribution in [1.82, 2.24) is 15.1 Å². The number of carbonyl (C=O) groups excluding carboxylic acids is 2. The molecule has 35 heavy (non-hydrogen) atoms. The molecule has 1 heterocycles. The second kappa shape index (κ2) is 13.3. The number of hydrogen-bond donors (Lipinski definition) is 2. The first-order valence-electron chi connectivity index (χ1n) is 13.4. The van der Waals surface area contributed by atoms with E-state index in [0.717, 1.165) is 44.6 Å². The lowest BCUT2D eigenvalue weighted by Crippen LogP contribution is -2.57. The van der Waals surface area contributed by atoms with Gasteiger partial charge in [0.25, 0.3) is 0 Å². The Kier molecular flexibility index (Phi) is 10.4. The number of amides is 2. The van der Waals surface area contributed by atoms with Crippen LogP contribution < -0.4 is 15.8 Å². The number of piperidine rings is 1. The van der Waals surface area contributed by atoms with Gasteiger partial charge in [-0.15, -0.1) is 0 Å². The Morgan fingerprint density at radius 2 is 1.86 bits per heavy atom. The van der Waals surface area contributed by atoms with Gasteiger partial charge in [-0.1, -0.05) is 32.4 Å². The van der Waals surface area contributed by atoms with Crippen LogP contribution in [0.25, 0.3) is 0 Å². The van der Waals surface area contributed by atoms with Gasteiger partial charge in [-0.2, -0.15) is 0 Å². The normalized spacial score (nSPS) is 25.1. The predicted octanol–water partition coefficient (Wildman–Crippen LogP) is 3.41. The Bertz CT molecular complexity index is 813. The Morgan fingerprint density at radius 3 is 2.49 bits per heavy atom. The van der Waals surface area contributed by atoms with E-state index in [1.807, 2.05) is 12.1 Å². The zero-order valence-electron chi connectivity index (χ0n) is 22.2. The second-order valence-electron chi connectivity index (χ2n) is 11.0. The summed E-state index contributed by atoms with van der Waals surface area (Å²) in [6.45, 7) is 9.85. The van der Waals surface area contributed by atoms with Crippen molar-refractivity contribution in [1.29, 1.82) is 0 Å². The number of nitrogens with two attached hydrogens (primary N) is 1. The van der Waals surface area contributed by atoms with Crippen LogP contribution in [0, 0.1) is 17.8 Å². The summed E-state index contributed by atoms with van der Waals surface area (Å²) < 4.78 is 5.31. The first kappa shape index (κ1) is 27.5. The second-order valence-corrected chi connectivity index (χ2v) is 11.0. The summed E-state index contributed by atoms with van der Waals surface area (Å²) in [5, 5.41) is 3.21. The van der Waals surface area contributed by atoms with Gasteiger partial charge in [-0.25, -0.2) is 0 Å². The van der Waals surface area contributed by atoms with Crippen LogP contribution in [-0.2, 0) is 16.1 Å². The van der Waals surface area contributed by atoms with Crippen LogP contribution in [0.5, 0.6) is 5.75 Å². The van der Waals surface area contributed by atoms with E-state index < -0.39 is 6.04 Å². The summed E-state index contributed by atoms with van der Waals surface area (Å²) in [6, 6.07) is 8.06. The topological polar surface area (TPSA) is 87.9 Å². The van der Waals surface area contributed by atoms with E-state index in [9.17, 15) is 9.59 Å². The summed E-state index contributed by atoms with van der Waals surface area (Å²) in [7, 11) is 1.68. The standard InChI is InChI=1S/C28H46N4O3/c1-20(2)18-31(19-22-8-10-26(35-4)11-9-22)25-12-13-32(21(3)33)27(15-25)28(34)30-17-24-7-5-6-23(14-24)16-29/h8-11,20,23-25,27H,5-7,12-19,29H2,1-4H3,(H,30,34)/t23?,24?,25?,27-/m1/s1. The summed E-state index contributed by atoms with van der Waals surface area (Å²) >= 11 is 0. The molecule has 7 nitrogen and oxygen atoms in total. The highest BCUT2D eigenvalue weighted by Crippen LogP contribution is 2.29. The maximum atomic E-state index is 13.4. The van der Waals surface area contributed by atoms with Crippen molar-refractivity contribution in [3.8, 4) is 5.75 Å². The molecule has 1 saturated carbocycles. The molecule has 4 atom stereocenters. The van der Waals surface area contributed by atoms with Gasteiger partial charge in [0.05, 0.1) is 7.11 Å². The first-order chi connectivity index (χ1) is 16.8. The van der Waals surface area contributed by atoms with E-state index in [0.29, 0.717) is 37.3 Å². The molecule has 3 N–H and O–H groups in total. The van der Waals surface area contributed by atoms with Gasteiger partial charge in [0, 0.05) is 39.1 Å². The van der Waals surface area contributed by atoms with Crippen molar-refractivity contribution in [2.24, 2.45) is 23.5 Å². The van der Waals surface area contributed by atoms with Gasteiger partial charge < -0.3 is 20.7 Å². The maximum Gasteiger partial charge on any atom is 0.242 e. The predicted molar refractivity (Wildman–Crippen MR) is 140 cm³/mol. The molecule has 3 unspecified atom stereocenters. The first-order valence-corrected chi connectivity index (χ1v) is 13.4. The maximum absolute atomic E-state index is 13.4. The Labute approximate surface area is 211 Å². The van der Waals surface area contributed by atoms with Gasteiger partial charge in [0.2, 0.25) is 11.8 Å². The highest BCUT2D eigenvalue weighted by atomic mass is 16.5. The number of methoxy groups -OCH3 is 1. The van der Waals surface area contributed by atoms with Gasteiger partial charge in [-0.3, -0.25) is 14.5 Å². The third-order valence-electron chi connectivity index (χ3n) is 7.73. The number of nitrogens with zero attached hydrogens (tertiary/aromatic N) is 2. The SMILES string of the molecule is COc1ccc(CN(CC(C)C)C2CCN(C(C)=O)[C@@H](C(=O)NCC3CCCC(CN)C3)C2)cc1. The molecule has 0 radical (unpaired) electrons. The van der Waals surface area contributed by atoms with Crippen molar-refractivity contribution in [2.45, 2.75) is 77.9 Å². The smallest absolute Gasteiger partial charge is 0.242 e. The molecule has 3 rings (SSSR count). The van der Waals surface area contributed by atoms with Crippen molar-refractivity contribution >= 4 is 11.8 Å². The molecule has 196 valence electrons. The van der Waals surface area contributed by atoms with E-state index in [1.54, 1.807) is 18.9 Å². The number of carbonyl (C=O) groups is 2. The fraction of sp³-hybridized carbons (Fsp3) is 0.714. The molecule has 0 aromatic heterocycles. The number of hydrogen-bond acceptors (Lipinski definition) is 5. The lowest BCUT2D eigenvalue weighted by Gasteiger charge is -2.43. The van der Waals surface area contributed by atoms with Crippen LogP contribution in [0.2, 0.25) is 0 Å². The van der Waals surface area contributed by atoms with Crippen LogP contribution >= 0.6 is 0 Å². The van der Waals surface area contributed by atoms with E-state index in [1.165, 1.54) is 18.4 Å². The van der Waals surface area contributed by atoms with E-state index in [2.05, 4.69) is 36.2 Å². The van der Waals surface area contributed by atoms with Crippen molar-refractivity contribution in [2.75, 3.05) is 33.3 Å². The Balaban J connectivity index is 1.67. The average Bonchev–Trinajstić information content (AvgIpc) is 2.86. The molecule has 2 fully saturated rings. The van der Waals surface area contributed by atoms with E-state index >= 15 is 0 Å². The fourth-order valence-electron chi connectivity index (χ4n) is 5.85. The summed E-state index contributed by atoms with van der Waals surface area (Å²) in [5.74, 6) is 2.39. The number of ether oxygens (including phenoxy) is 1. The minimum Gasteiger partial charge on any atom is -0.497 e.